The van der Waals surface area contributed by atoms with E-state index < -0.39 is 0 Å². The fourth-order valence-electron chi connectivity index (χ4n) is 4.28. The fraction of sp³-hybridized carbons (Fsp3) is 0.500. The monoisotopic (exact) mass is 353 g/mol. The van der Waals surface area contributed by atoms with Crippen LogP contribution in [0.3, 0.4) is 0 Å². The van der Waals surface area contributed by atoms with E-state index in [1.807, 2.05) is 18.1 Å². The summed E-state index contributed by atoms with van der Waals surface area (Å²) in [7, 11) is 1.85. The average molecular weight is 353 g/mol. The maximum absolute atomic E-state index is 12.5. The summed E-state index contributed by atoms with van der Waals surface area (Å²) in [4.78, 5) is 17.0. The van der Waals surface area contributed by atoms with Crippen molar-refractivity contribution in [2.24, 2.45) is 12.5 Å². The lowest BCUT2D eigenvalue weighted by Gasteiger charge is -2.39. The van der Waals surface area contributed by atoms with Crippen LogP contribution in [0.5, 0.6) is 0 Å². The Morgan fingerprint density at radius 3 is 2.58 bits per heavy atom. The molecule has 2 aliphatic heterocycles. The van der Waals surface area contributed by atoms with Crippen molar-refractivity contribution in [3.05, 3.63) is 48.3 Å². The zero-order valence-corrected chi connectivity index (χ0v) is 15.4. The van der Waals surface area contributed by atoms with Gasteiger partial charge in [-0.05, 0) is 36.8 Å². The minimum Gasteiger partial charge on any atom is -0.324 e. The Hall–Kier alpha value is -2.34. The number of nitrogens with zero attached hydrogens (tertiary/aromatic N) is 4. The van der Waals surface area contributed by atoms with Crippen molar-refractivity contribution in [3.8, 4) is 0 Å². The summed E-state index contributed by atoms with van der Waals surface area (Å²) < 4.78 is 1.70. The van der Waals surface area contributed by atoms with Crippen LogP contribution in [0.2, 0.25) is 0 Å². The van der Waals surface area contributed by atoms with Gasteiger partial charge in [0.15, 0.2) is 0 Å². The van der Waals surface area contributed by atoms with E-state index in [1.165, 1.54) is 12.0 Å². The molecule has 2 fully saturated rings. The number of hydrogen-bond donors (Lipinski definition) is 1. The first-order chi connectivity index (χ1) is 12.6. The predicted octanol–water partition coefficient (Wildman–Crippen LogP) is 2.94. The summed E-state index contributed by atoms with van der Waals surface area (Å²) in [5.41, 5.74) is 2.53. The van der Waals surface area contributed by atoms with Crippen LogP contribution < -0.4 is 5.32 Å². The molecule has 4 rings (SSSR count). The molecule has 26 heavy (non-hydrogen) atoms. The van der Waals surface area contributed by atoms with Crippen LogP contribution in [0.4, 0.5) is 10.5 Å². The Balaban J connectivity index is 1.28. The Kier molecular flexibility index (Phi) is 4.68. The fourth-order valence-corrected chi connectivity index (χ4v) is 4.28. The van der Waals surface area contributed by atoms with Gasteiger partial charge < -0.3 is 10.2 Å². The van der Waals surface area contributed by atoms with Crippen molar-refractivity contribution in [1.82, 2.24) is 19.6 Å². The largest absolute Gasteiger partial charge is 0.324 e. The summed E-state index contributed by atoms with van der Waals surface area (Å²) in [6.07, 6.45) is 6.94. The Bertz CT molecular complexity index is 749. The third-order valence-corrected chi connectivity index (χ3v) is 5.83. The molecule has 2 aliphatic rings. The van der Waals surface area contributed by atoms with E-state index in [2.05, 4.69) is 45.6 Å². The minimum absolute atomic E-state index is 0.00742. The molecular weight excluding hydrogens is 326 g/mol. The first kappa shape index (κ1) is 17.1. The lowest BCUT2D eigenvalue weighted by Crippen LogP contribution is -2.45. The first-order valence-electron chi connectivity index (χ1n) is 9.43. The molecule has 2 amide bonds. The van der Waals surface area contributed by atoms with E-state index in [0.717, 1.165) is 51.3 Å². The summed E-state index contributed by atoms with van der Waals surface area (Å²) in [6.45, 7) is 5.03. The van der Waals surface area contributed by atoms with Gasteiger partial charge in [0.25, 0.3) is 0 Å². The number of likely N-dealkylation sites (tertiary alicyclic amines) is 2. The maximum atomic E-state index is 12.5. The normalized spacial score (nSPS) is 19.8. The van der Waals surface area contributed by atoms with Crippen LogP contribution in [-0.2, 0) is 13.6 Å². The average Bonchev–Trinajstić information content (AvgIpc) is 3.23. The van der Waals surface area contributed by atoms with E-state index in [4.69, 9.17) is 0 Å². The Labute approximate surface area is 154 Å². The number of aryl methyl sites for hydroxylation is 1. The number of nitrogens with one attached hydrogen (secondary N) is 1. The standard InChI is InChI=1S/C20H27N5O/c1-23-15-18(13-21-23)22-19(26)25-11-8-20(9-12-25)7-10-24(16-20)14-17-5-3-2-4-6-17/h2-6,13,15H,7-12,14,16H2,1H3,(H,22,26). The predicted molar refractivity (Wildman–Crippen MR) is 102 cm³/mol. The van der Waals surface area contributed by atoms with E-state index in [-0.39, 0.29) is 6.03 Å². The SMILES string of the molecule is Cn1cc(NC(=O)N2CCC3(CCN(Cc4ccccc4)C3)CC2)cn1. The lowest BCUT2D eigenvalue weighted by molar-refractivity contribution is 0.124. The van der Waals surface area contributed by atoms with E-state index in [1.54, 1.807) is 10.9 Å². The molecule has 0 aliphatic carbocycles. The van der Waals surface area contributed by atoms with Crippen molar-refractivity contribution < 1.29 is 4.79 Å². The Morgan fingerprint density at radius 2 is 1.88 bits per heavy atom. The molecule has 2 saturated heterocycles. The van der Waals surface area contributed by atoms with Crippen molar-refractivity contribution >= 4 is 11.7 Å². The van der Waals surface area contributed by atoms with Gasteiger partial charge in [0, 0.05) is 39.4 Å². The molecule has 3 heterocycles. The summed E-state index contributed by atoms with van der Waals surface area (Å²) in [5, 5.41) is 7.04. The molecule has 1 spiro atoms. The van der Waals surface area contributed by atoms with Crippen LogP contribution in [0.15, 0.2) is 42.7 Å². The number of carbonyl (C=O) groups is 1. The van der Waals surface area contributed by atoms with Crippen LogP contribution in [0.25, 0.3) is 0 Å². The molecular formula is C20H27N5O. The molecule has 1 aromatic carbocycles. The molecule has 2 aromatic rings. The molecule has 6 nitrogen and oxygen atoms in total. The molecule has 1 N–H and O–H groups in total. The van der Waals surface area contributed by atoms with Crippen molar-refractivity contribution in [1.29, 1.82) is 0 Å². The number of piperidine rings is 1. The molecule has 0 unspecified atom stereocenters. The van der Waals surface area contributed by atoms with Gasteiger partial charge in [0.1, 0.15) is 0 Å². The topological polar surface area (TPSA) is 53.4 Å². The number of anilines is 1. The van der Waals surface area contributed by atoms with Crippen LogP contribution >= 0.6 is 0 Å². The highest BCUT2D eigenvalue weighted by Crippen LogP contribution is 2.40. The summed E-state index contributed by atoms with van der Waals surface area (Å²) >= 11 is 0. The second-order valence-electron chi connectivity index (χ2n) is 7.77. The highest BCUT2D eigenvalue weighted by atomic mass is 16.2. The number of rotatable bonds is 3. The van der Waals surface area contributed by atoms with E-state index >= 15 is 0 Å². The molecule has 138 valence electrons. The number of carbonyl (C=O) groups excluding carboxylic acids is 1. The number of aromatic nitrogens is 2. The van der Waals surface area contributed by atoms with Gasteiger partial charge in [0.05, 0.1) is 11.9 Å². The maximum Gasteiger partial charge on any atom is 0.321 e. The van der Waals surface area contributed by atoms with Gasteiger partial charge in [-0.2, -0.15) is 5.10 Å². The lowest BCUT2D eigenvalue weighted by atomic mass is 9.78. The van der Waals surface area contributed by atoms with Gasteiger partial charge in [-0.1, -0.05) is 30.3 Å². The van der Waals surface area contributed by atoms with Crippen LogP contribution in [0.1, 0.15) is 24.8 Å². The summed E-state index contributed by atoms with van der Waals surface area (Å²) in [5.74, 6) is 0. The highest BCUT2D eigenvalue weighted by molar-refractivity contribution is 5.89. The second kappa shape index (κ2) is 7.11. The van der Waals surface area contributed by atoms with E-state index in [0.29, 0.717) is 5.41 Å². The summed E-state index contributed by atoms with van der Waals surface area (Å²) in [6, 6.07) is 10.7. The van der Waals surface area contributed by atoms with Gasteiger partial charge in [-0.25, -0.2) is 4.79 Å². The van der Waals surface area contributed by atoms with Crippen molar-refractivity contribution in [2.75, 3.05) is 31.5 Å². The number of hydrogen-bond acceptors (Lipinski definition) is 3. The van der Waals surface area contributed by atoms with Gasteiger partial charge in [0.2, 0.25) is 0 Å². The number of benzene rings is 1. The second-order valence-corrected chi connectivity index (χ2v) is 7.77. The smallest absolute Gasteiger partial charge is 0.321 e. The van der Waals surface area contributed by atoms with Crippen LogP contribution in [-0.4, -0.2) is 51.8 Å². The quantitative estimate of drug-likeness (QED) is 0.923. The zero-order valence-electron chi connectivity index (χ0n) is 15.4. The minimum atomic E-state index is -0.00742. The molecule has 0 bridgehead atoms. The van der Waals surface area contributed by atoms with Gasteiger partial charge in [-0.15, -0.1) is 0 Å². The molecule has 0 atom stereocenters. The highest BCUT2D eigenvalue weighted by Gasteiger charge is 2.41. The first-order valence-corrected chi connectivity index (χ1v) is 9.43. The van der Waals surface area contributed by atoms with Crippen LogP contribution in [0, 0.1) is 5.41 Å². The van der Waals surface area contributed by atoms with Gasteiger partial charge >= 0.3 is 6.03 Å². The zero-order chi connectivity index (χ0) is 18.0. The molecule has 0 radical (unpaired) electrons. The van der Waals surface area contributed by atoms with Gasteiger partial charge in [-0.3, -0.25) is 9.58 Å². The molecule has 0 saturated carbocycles. The van der Waals surface area contributed by atoms with Crippen molar-refractivity contribution in [2.45, 2.75) is 25.8 Å². The number of urea groups is 1. The van der Waals surface area contributed by atoms with Crippen molar-refractivity contribution in [3.63, 3.8) is 0 Å². The van der Waals surface area contributed by atoms with E-state index in [9.17, 15) is 4.79 Å². The molecule has 1 aromatic heterocycles. The third-order valence-electron chi connectivity index (χ3n) is 5.83. The number of amides is 2. The third kappa shape index (κ3) is 3.75. The molecule has 6 heteroatoms. The Morgan fingerprint density at radius 1 is 1.15 bits per heavy atom.